The maximum Gasteiger partial charge on any atom is 0.313 e. The Hall–Kier alpha value is -3.14. The van der Waals surface area contributed by atoms with Gasteiger partial charge in [0.25, 0.3) is 11.9 Å². The molecule has 0 radical (unpaired) electrons. The minimum Gasteiger partial charge on any atom is -0.481 e. The van der Waals surface area contributed by atoms with E-state index in [-0.39, 0.29) is 12.8 Å². The number of rotatable bonds is 6. The second-order valence-corrected chi connectivity index (χ2v) is 9.84. The van der Waals surface area contributed by atoms with E-state index in [2.05, 4.69) is 20.7 Å². The lowest BCUT2D eigenvalue weighted by atomic mass is 9.65. The number of nitro groups is 1. The van der Waals surface area contributed by atoms with E-state index in [0.717, 1.165) is 4.88 Å². The van der Waals surface area contributed by atoms with E-state index >= 15 is 0 Å². The van der Waals surface area contributed by atoms with E-state index < -0.39 is 45.8 Å². The van der Waals surface area contributed by atoms with Crippen molar-refractivity contribution in [3.63, 3.8) is 0 Å². The van der Waals surface area contributed by atoms with Gasteiger partial charge in [0, 0.05) is 30.6 Å². The Morgan fingerprint density at radius 1 is 1.46 bits per heavy atom. The predicted molar refractivity (Wildman–Crippen MR) is 124 cm³/mol. The van der Waals surface area contributed by atoms with E-state index in [9.17, 15) is 34.7 Å². The molecule has 1 aromatic heterocycles. The molecule has 1 amide bonds. The van der Waals surface area contributed by atoms with Gasteiger partial charge in [-0.25, -0.2) is 15.1 Å². The number of carbonyl (C=O) groups excluding carboxylic acids is 1. The number of halogens is 1. The molecule has 2 aliphatic rings. The number of thiazole rings is 1. The maximum absolute atomic E-state index is 11.7. The molecule has 0 aromatic carbocycles. The van der Waals surface area contributed by atoms with Gasteiger partial charge in [0.1, 0.15) is 11.2 Å². The van der Waals surface area contributed by atoms with Crippen LogP contribution in [0.5, 0.6) is 0 Å². The highest BCUT2D eigenvalue weighted by Gasteiger charge is 2.48. The van der Waals surface area contributed by atoms with Gasteiger partial charge in [-0.3, -0.25) is 19.7 Å². The first kappa shape index (κ1) is 28.1. The smallest absolute Gasteiger partial charge is 0.313 e. The number of nitrogens with two attached hydrogens (primary N) is 1. The monoisotopic (exact) mass is 532 g/mol. The summed E-state index contributed by atoms with van der Waals surface area (Å²) in [5, 5.41) is 35.5. The van der Waals surface area contributed by atoms with Gasteiger partial charge in [-0.05, 0) is 19.8 Å². The lowest BCUT2D eigenvalue weighted by Gasteiger charge is -2.37. The fraction of sp³-hybridized carbons (Fsp3) is 0.526. The van der Waals surface area contributed by atoms with Gasteiger partial charge < -0.3 is 26.0 Å². The molecule has 16 heteroatoms. The van der Waals surface area contributed by atoms with Crippen LogP contribution in [0.4, 0.5) is 0 Å². The predicted octanol–water partition coefficient (Wildman–Crippen LogP) is 0.448. The molecule has 35 heavy (non-hydrogen) atoms. The standard InChI is InChI=1S/C13H14ClNO4S.C6H11N5O4/c1-12(9(16)17)3-2-4-13(7-12,10(18)19)5-8-6-15-11(14)20-8;7-6(10-11(13)14)9-5(12)4-3-8-1-2-15-4/h2,4,6H,3,5,7H2,1H3,(H,16,17)(H,18,19);4,8H,1-3H2,(H3,7,9,10,12). The zero-order valence-electron chi connectivity index (χ0n) is 18.6. The Labute approximate surface area is 208 Å². The first-order valence-electron chi connectivity index (χ1n) is 10.2. The molecule has 1 fully saturated rings. The summed E-state index contributed by atoms with van der Waals surface area (Å²) in [5.74, 6) is -3.11. The summed E-state index contributed by atoms with van der Waals surface area (Å²) >= 11 is 6.97. The summed E-state index contributed by atoms with van der Waals surface area (Å²) in [6.45, 7) is 3.00. The Bertz CT molecular complexity index is 1030. The SMILES string of the molecule is CC1(C(=O)O)CC=CC(Cc2cnc(Cl)s2)(C(=O)O)C1.NC(=N[N+](=O)[O-])NC(=O)C1CNCCO1. The maximum atomic E-state index is 11.7. The van der Waals surface area contributed by atoms with Crippen molar-refractivity contribution in [2.24, 2.45) is 21.7 Å². The largest absolute Gasteiger partial charge is 0.481 e. The minimum atomic E-state index is -1.22. The molecule has 1 saturated heterocycles. The van der Waals surface area contributed by atoms with E-state index in [1.165, 1.54) is 17.5 Å². The van der Waals surface area contributed by atoms with Crippen LogP contribution >= 0.6 is 22.9 Å². The van der Waals surface area contributed by atoms with Crippen molar-refractivity contribution in [1.82, 2.24) is 15.6 Å². The van der Waals surface area contributed by atoms with E-state index in [4.69, 9.17) is 22.1 Å². The molecule has 1 aliphatic carbocycles. The number of allylic oxidation sites excluding steroid dienone is 1. The van der Waals surface area contributed by atoms with Gasteiger partial charge in [-0.15, -0.1) is 11.3 Å². The number of guanidine groups is 1. The number of carboxylic acid groups (broad SMARTS) is 2. The number of hydrogen-bond donors (Lipinski definition) is 5. The van der Waals surface area contributed by atoms with Crippen LogP contribution in [0.25, 0.3) is 0 Å². The number of nitrogens with one attached hydrogen (secondary N) is 2. The first-order chi connectivity index (χ1) is 16.4. The first-order valence-corrected chi connectivity index (χ1v) is 11.4. The van der Waals surface area contributed by atoms with Crippen LogP contribution in [-0.2, 0) is 25.5 Å². The summed E-state index contributed by atoms with van der Waals surface area (Å²) < 4.78 is 5.44. The van der Waals surface area contributed by atoms with Crippen molar-refractivity contribution in [3.8, 4) is 0 Å². The number of carboxylic acids is 2. The zero-order chi connectivity index (χ0) is 26.2. The molecule has 3 unspecified atom stereocenters. The van der Waals surface area contributed by atoms with Crippen molar-refractivity contribution < 1.29 is 34.4 Å². The Morgan fingerprint density at radius 2 is 2.17 bits per heavy atom. The normalized spacial score (nSPS) is 26.2. The van der Waals surface area contributed by atoms with Crippen molar-refractivity contribution >= 4 is 46.7 Å². The van der Waals surface area contributed by atoms with Crippen LogP contribution in [0.1, 0.15) is 24.6 Å². The lowest BCUT2D eigenvalue weighted by molar-refractivity contribution is -0.485. The van der Waals surface area contributed by atoms with Crippen LogP contribution in [0.2, 0.25) is 4.47 Å². The van der Waals surface area contributed by atoms with Gasteiger partial charge in [0.15, 0.2) is 9.50 Å². The Kier molecular flexibility index (Phi) is 9.64. The molecule has 0 saturated carbocycles. The highest BCUT2D eigenvalue weighted by molar-refractivity contribution is 7.15. The number of carbonyl (C=O) groups is 3. The van der Waals surface area contributed by atoms with Crippen molar-refractivity contribution in [2.75, 3.05) is 19.7 Å². The fourth-order valence-corrected chi connectivity index (χ4v) is 4.71. The summed E-state index contributed by atoms with van der Waals surface area (Å²) in [4.78, 5) is 49.0. The van der Waals surface area contributed by atoms with Gasteiger partial charge >= 0.3 is 11.9 Å². The average Bonchev–Trinajstić information content (AvgIpc) is 3.18. The number of hydrazone groups is 1. The number of aromatic nitrogens is 1. The topological polar surface area (TPSA) is 219 Å². The molecule has 1 aliphatic heterocycles. The van der Waals surface area contributed by atoms with Crippen molar-refractivity contribution in [3.05, 3.63) is 37.8 Å². The molecule has 0 bridgehead atoms. The molecule has 14 nitrogen and oxygen atoms in total. The highest BCUT2D eigenvalue weighted by Crippen LogP contribution is 2.45. The fourth-order valence-electron chi connectivity index (χ4n) is 3.61. The molecule has 192 valence electrons. The summed E-state index contributed by atoms with van der Waals surface area (Å²) in [5.41, 5.74) is 2.79. The number of aliphatic carboxylic acids is 2. The molecule has 2 heterocycles. The second-order valence-electron chi connectivity index (χ2n) is 8.14. The van der Waals surface area contributed by atoms with Crippen LogP contribution in [-0.4, -0.2) is 69.8 Å². The summed E-state index contributed by atoms with van der Waals surface area (Å²) in [6, 6.07) is 0. The molecule has 3 rings (SSSR count). The zero-order valence-corrected chi connectivity index (χ0v) is 20.2. The van der Waals surface area contributed by atoms with E-state index in [1.54, 1.807) is 19.1 Å². The highest BCUT2D eigenvalue weighted by atomic mass is 35.5. The number of ether oxygens (including phenoxy) is 1. The van der Waals surface area contributed by atoms with Crippen molar-refractivity contribution in [1.29, 1.82) is 0 Å². The molecule has 3 atom stereocenters. The van der Waals surface area contributed by atoms with E-state index in [1.807, 2.05) is 0 Å². The van der Waals surface area contributed by atoms with Crippen LogP contribution in [0.15, 0.2) is 23.5 Å². The second kappa shape index (κ2) is 12.0. The van der Waals surface area contributed by atoms with Crippen LogP contribution in [0, 0.1) is 20.9 Å². The third-order valence-electron chi connectivity index (χ3n) is 5.33. The number of morpholine rings is 1. The third-order valence-corrected chi connectivity index (χ3v) is 6.44. The van der Waals surface area contributed by atoms with Gasteiger partial charge in [-0.1, -0.05) is 23.8 Å². The van der Waals surface area contributed by atoms with Crippen LogP contribution < -0.4 is 16.4 Å². The lowest BCUT2D eigenvalue weighted by Crippen LogP contribution is -2.50. The average molecular weight is 533 g/mol. The van der Waals surface area contributed by atoms with Gasteiger partial charge in [0.2, 0.25) is 0 Å². The summed E-state index contributed by atoms with van der Waals surface area (Å²) in [7, 11) is 0. The molecule has 1 aromatic rings. The Balaban J connectivity index is 0.000000258. The Morgan fingerprint density at radius 3 is 2.69 bits per heavy atom. The molecule has 0 spiro atoms. The quantitative estimate of drug-likeness (QED) is 0.111. The molecule has 6 N–H and O–H groups in total. The summed E-state index contributed by atoms with van der Waals surface area (Å²) in [6.07, 6.45) is 4.68. The number of hydrogen-bond acceptors (Lipinski definition) is 9. The number of nitrogens with zero attached hydrogens (tertiary/aromatic N) is 3. The van der Waals surface area contributed by atoms with E-state index in [0.29, 0.717) is 30.6 Å². The molecular formula is C19H25ClN6O8S. The third kappa shape index (κ3) is 7.95. The van der Waals surface area contributed by atoms with Gasteiger partial charge in [0.05, 0.1) is 17.4 Å². The van der Waals surface area contributed by atoms with Gasteiger partial charge in [-0.2, -0.15) is 0 Å². The van der Waals surface area contributed by atoms with Crippen molar-refractivity contribution in [2.45, 2.75) is 32.3 Å². The number of amides is 1. The van der Waals surface area contributed by atoms with Crippen LogP contribution in [0.3, 0.4) is 0 Å². The molecular weight excluding hydrogens is 508 g/mol. The minimum absolute atomic E-state index is 0.0523.